The molecule has 7 nitrogen and oxygen atoms in total. The van der Waals surface area contributed by atoms with Gasteiger partial charge < -0.3 is 10.0 Å². The summed E-state index contributed by atoms with van der Waals surface area (Å²) in [5, 5.41) is 16.6. The molecule has 0 unspecified atom stereocenters. The van der Waals surface area contributed by atoms with Crippen LogP contribution in [0.5, 0.6) is 0 Å². The van der Waals surface area contributed by atoms with Gasteiger partial charge in [0.2, 0.25) is 12.0 Å². The first-order valence-electron chi connectivity index (χ1n) is 7.67. The zero-order chi connectivity index (χ0) is 17.4. The van der Waals surface area contributed by atoms with Crippen molar-refractivity contribution in [2.75, 3.05) is 4.90 Å². The minimum Gasteiger partial charge on any atom is -0.410 e. The molecule has 2 aromatic carbocycles. The van der Waals surface area contributed by atoms with Gasteiger partial charge in [0.25, 0.3) is 5.91 Å². The third-order valence-electron chi connectivity index (χ3n) is 4.22. The number of hydrogen-bond acceptors (Lipinski definition) is 6. The highest BCUT2D eigenvalue weighted by Gasteiger charge is 2.57. The lowest BCUT2D eigenvalue weighted by atomic mass is 9.93. The molecule has 25 heavy (non-hydrogen) atoms. The Balaban J connectivity index is 1.71. The zero-order valence-electron chi connectivity index (χ0n) is 12.9. The molecule has 2 aliphatic heterocycles. The van der Waals surface area contributed by atoms with Gasteiger partial charge in [0, 0.05) is 5.56 Å². The molecule has 0 radical (unpaired) electrons. The number of hydrogen-bond donors (Lipinski definition) is 1. The van der Waals surface area contributed by atoms with Crippen LogP contribution in [-0.2, 0) is 14.4 Å². The Hall–Kier alpha value is -3.48. The number of para-hydroxylation sites is 1. The van der Waals surface area contributed by atoms with Crippen molar-refractivity contribution in [1.82, 2.24) is 0 Å². The molecular formula is C18H13N3O4. The monoisotopic (exact) mass is 335 g/mol. The predicted octanol–water partition coefficient (Wildman–Crippen LogP) is 1.81. The van der Waals surface area contributed by atoms with E-state index < -0.39 is 23.8 Å². The topological polar surface area (TPSA) is 91.6 Å². The maximum absolute atomic E-state index is 12.9. The molecule has 7 heteroatoms. The van der Waals surface area contributed by atoms with Crippen LogP contribution >= 0.6 is 0 Å². The molecule has 2 aromatic rings. The Kier molecular flexibility index (Phi) is 3.53. The van der Waals surface area contributed by atoms with E-state index in [-0.39, 0.29) is 11.4 Å². The molecule has 4 rings (SSSR count). The maximum atomic E-state index is 12.9. The largest absolute Gasteiger partial charge is 0.410 e. The van der Waals surface area contributed by atoms with Crippen LogP contribution in [-0.4, -0.2) is 34.5 Å². The number of oxime groups is 2. The number of rotatable bonds is 3. The number of benzene rings is 2. The van der Waals surface area contributed by atoms with E-state index in [4.69, 9.17) is 4.84 Å². The highest BCUT2D eigenvalue weighted by atomic mass is 16.7. The van der Waals surface area contributed by atoms with Crippen LogP contribution in [0.25, 0.3) is 0 Å². The highest BCUT2D eigenvalue weighted by molar-refractivity contribution is 6.54. The van der Waals surface area contributed by atoms with Crippen molar-refractivity contribution in [3.63, 3.8) is 0 Å². The van der Waals surface area contributed by atoms with Crippen molar-refractivity contribution in [2.45, 2.75) is 6.10 Å². The summed E-state index contributed by atoms with van der Waals surface area (Å²) in [6.07, 6.45) is -1.04. The van der Waals surface area contributed by atoms with Crippen molar-refractivity contribution in [3.8, 4) is 0 Å². The number of carbonyl (C=O) groups is 2. The number of amides is 2. The molecule has 0 aliphatic carbocycles. The minimum absolute atomic E-state index is 0.115. The van der Waals surface area contributed by atoms with Crippen LogP contribution in [0.4, 0.5) is 5.69 Å². The smallest absolute Gasteiger partial charge is 0.278 e. The van der Waals surface area contributed by atoms with Crippen LogP contribution in [0.3, 0.4) is 0 Å². The molecule has 2 heterocycles. The second-order valence-electron chi connectivity index (χ2n) is 5.64. The summed E-state index contributed by atoms with van der Waals surface area (Å²) >= 11 is 0. The van der Waals surface area contributed by atoms with Gasteiger partial charge in [-0.2, -0.15) is 0 Å². The van der Waals surface area contributed by atoms with Crippen LogP contribution in [0, 0.1) is 5.92 Å². The van der Waals surface area contributed by atoms with E-state index in [2.05, 4.69) is 10.3 Å². The second-order valence-corrected chi connectivity index (χ2v) is 5.64. The van der Waals surface area contributed by atoms with Crippen LogP contribution in [0.2, 0.25) is 0 Å². The third kappa shape index (κ3) is 2.28. The molecule has 1 fully saturated rings. The number of nitrogens with zero attached hydrogens (tertiary/aromatic N) is 3. The number of carbonyl (C=O) groups excluding carboxylic acids is 2. The first-order valence-corrected chi connectivity index (χ1v) is 7.67. The SMILES string of the molecule is O=C1[C@H]2C(/C(=N\O)c3ccccc3)=NO[C@H]2C(=O)N1c1ccccc1. The lowest BCUT2D eigenvalue weighted by molar-refractivity contribution is -0.126. The molecule has 2 aliphatic rings. The minimum atomic E-state index is -1.04. The Bertz CT molecular complexity index is 893. The average Bonchev–Trinajstić information content (AvgIpc) is 3.18. The molecule has 0 saturated carbocycles. The number of anilines is 1. The van der Waals surface area contributed by atoms with Gasteiger partial charge in [-0.15, -0.1) is 0 Å². The lowest BCUT2D eigenvalue weighted by Crippen LogP contribution is -2.34. The first-order chi connectivity index (χ1) is 12.2. The van der Waals surface area contributed by atoms with Gasteiger partial charge in [-0.05, 0) is 12.1 Å². The van der Waals surface area contributed by atoms with Gasteiger partial charge in [-0.3, -0.25) is 9.59 Å². The number of imide groups is 1. The van der Waals surface area contributed by atoms with Crippen LogP contribution in [0.15, 0.2) is 71.0 Å². The van der Waals surface area contributed by atoms with Crippen LogP contribution < -0.4 is 4.90 Å². The maximum Gasteiger partial charge on any atom is 0.278 e. The number of fused-ring (bicyclic) bond motifs is 1. The highest BCUT2D eigenvalue weighted by Crippen LogP contribution is 2.34. The van der Waals surface area contributed by atoms with Gasteiger partial charge in [-0.1, -0.05) is 58.8 Å². The normalized spacial score (nSPS) is 22.6. The molecular weight excluding hydrogens is 322 g/mol. The Morgan fingerprint density at radius 3 is 2.28 bits per heavy atom. The van der Waals surface area contributed by atoms with E-state index in [0.717, 1.165) is 4.90 Å². The summed E-state index contributed by atoms with van der Waals surface area (Å²) in [7, 11) is 0. The first kappa shape index (κ1) is 15.1. The summed E-state index contributed by atoms with van der Waals surface area (Å²) in [5.74, 6) is -1.86. The molecule has 0 aromatic heterocycles. The summed E-state index contributed by atoms with van der Waals surface area (Å²) in [4.78, 5) is 31.8. The van der Waals surface area contributed by atoms with Crippen molar-refractivity contribution in [3.05, 3.63) is 66.2 Å². The Labute approximate surface area is 142 Å². The van der Waals surface area contributed by atoms with E-state index in [1.165, 1.54) is 0 Å². The third-order valence-corrected chi connectivity index (χ3v) is 4.22. The van der Waals surface area contributed by atoms with E-state index in [0.29, 0.717) is 11.3 Å². The van der Waals surface area contributed by atoms with Crippen molar-refractivity contribution >= 4 is 28.9 Å². The Morgan fingerprint density at radius 1 is 1.00 bits per heavy atom. The van der Waals surface area contributed by atoms with E-state index in [1.54, 1.807) is 54.6 Å². The summed E-state index contributed by atoms with van der Waals surface area (Å²) in [6, 6.07) is 17.4. The van der Waals surface area contributed by atoms with Gasteiger partial charge in [0.1, 0.15) is 17.3 Å². The molecule has 2 amide bonds. The van der Waals surface area contributed by atoms with Crippen LogP contribution in [0.1, 0.15) is 5.56 Å². The molecule has 1 saturated heterocycles. The summed E-state index contributed by atoms with van der Waals surface area (Å²) in [5.41, 5.74) is 1.31. The summed E-state index contributed by atoms with van der Waals surface area (Å²) in [6.45, 7) is 0. The quantitative estimate of drug-likeness (QED) is 0.401. The Morgan fingerprint density at radius 2 is 1.64 bits per heavy atom. The van der Waals surface area contributed by atoms with E-state index in [9.17, 15) is 14.8 Å². The zero-order valence-corrected chi connectivity index (χ0v) is 12.9. The van der Waals surface area contributed by atoms with Gasteiger partial charge in [-0.25, -0.2) is 4.90 Å². The lowest BCUT2D eigenvalue weighted by Gasteiger charge is -2.15. The predicted molar refractivity (Wildman–Crippen MR) is 89.5 cm³/mol. The van der Waals surface area contributed by atoms with E-state index in [1.807, 2.05) is 6.07 Å². The fourth-order valence-corrected chi connectivity index (χ4v) is 3.06. The fourth-order valence-electron chi connectivity index (χ4n) is 3.06. The van der Waals surface area contributed by atoms with E-state index >= 15 is 0 Å². The molecule has 1 N–H and O–H groups in total. The average molecular weight is 335 g/mol. The molecule has 0 bridgehead atoms. The molecule has 0 spiro atoms. The summed E-state index contributed by atoms with van der Waals surface area (Å²) < 4.78 is 0. The van der Waals surface area contributed by atoms with Crippen molar-refractivity contribution < 1.29 is 19.6 Å². The standard InChI is InChI=1S/C18H13N3O4/c22-17-13-15(14(19-24)11-7-3-1-4-8-11)20-25-16(13)18(23)21(17)12-9-5-2-6-10-12/h1-10,13,16,24H/b19-14-/t13-,16+/m0/s1. The fraction of sp³-hybridized carbons (Fsp3) is 0.111. The van der Waals surface area contributed by atoms with Gasteiger partial charge in [0.05, 0.1) is 5.69 Å². The van der Waals surface area contributed by atoms with Gasteiger partial charge in [0.15, 0.2) is 0 Å². The molecule has 124 valence electrons. The second kappa shape index (κ2) is 5.86. The van der Waals surface area contributed by atoms with Gasteiger partial charge >= 0.3 is 0 Å². The van der Waals surface area contributed by atoms with Crippen molar-refractivity contribution in [2.24, 2.45) is 16.2 Å². The van der Waals surface area contributed by atoms with Crippen molar-refractivity contribution in [1.29, 1.82) is 0 Å². The molecule has 2 atom stereocenters.